The fraction of sp³-hybridized carbons (Fsp3) is 0.367. The van der Waals surface area contributed by atoms with Gasteiger partial charge in [0.05, 0.1) is 16.9 Å². The highest BCUT2D eigenvalue weighted by Crippen LogP contribution is 2.33. The molecule has 0 bridgehead atoms. The van der Waals surface area contributed by atoms with Crippen LogP contribution in [0.2, 0.25) is 0 Å². The number of rotatable bonds is 10. The summed E-state index contributed by atoms with van der Waals surface area (Å²) in [5, 5.41) is 13.7. The van der Waals surface area contributed by atoms with Crippen molar-refractivity contribution in [1.82, 2.24) is 15.3 Å². The number of benzene rings is 1. The predicted octanol–water partition coefficient (Wildman–Crippen LogP) is 7.09. The van der Waals surface area contributed by atoms with Gasteiger partial charge in [-0.3, -0.25) is 14.8 Å². The van der Waals surface area contributed by atoms with E-state index in [4.69, 9.17) is 15.1 Å². The number of carboxylic acids is 1. The molecule has 2 N–H and O–H groups in total. The number of aromatic nitrogens is 2. The van der Waals surface area contributed by atoms with Crippen molar-refractivity contribution in [3.05, 3.63) is 83.5 Å². The molecule has 5 heteroatoms. The van der Waals surface area contributed by atoms with Crippen LogP contribution in [-0.4, -0.2) is 21.0 Å². The van der Waals surface area contributed by atoms with E-state index in [-0.39, 0.29) is 12.3 Å². The van der Waals surface area contributed by atoms with Crippen molar-refractivity contribution in [3.63, 3.8) is 0 Å². The van der Waals surface area contributed by atoms with Crippen LogP contribution in [0.3, 0.4) is 0 Å². The second-order valence-electron chi connectivity index (χ2n) is 9.71. The molecule has 1 aromatic carbocycles. The summed E-state index contributed by atoms with van der Waals surface area (Å²) in [4.78, 5) is 20.6. The lowest BCUT2D eigenvalue weighted by atomic mass is 9.87. The first-order valence-corrected chi connectivity index (χ1v) is 12.6. The Labute approximate surface area is 208 Å². The van der Waals surface area contributed by atoms with E-state index in [0.717, 1.165) is 60.1 Å². The Kier molecular flexibility index (Phi) is 7.96. The van der Waals surface area contributed by atoms with Gasteiger partial charge in [0.1, 0.15) is 0 Å². The maximum atomic E-state index is 11.1. The number of hydrogen-bond acceptors (Lipinski definition) is 4. The molecule has 0 amide bonds. The zero-order chi connectivity index (χ0) is 24.8. The summed E-state index contributed by atoms with van der Waals surface area (Å²) < 4.78 is 0. The van der Waals surface area contributed by atoms with Crippen LogP contribution in [0.4, 0.5) is 0 Å². The summed E-state index contributed by atoms with van der Waals surface area (Å²) in [5.41, 5.74) is 7.64. The number of pyridine rings is 2. The number of nitrogens with one attached hydrogen (secondary N) is 1. The molecule has 0 aliphatic carbocycles. The average Bonchev–Trinajstić information content (AvgIpc) is 2.85. The van der Waals surface area contributed by atoms with Gasteiger partial charge < -0.3 is 10.4 Å². The van der Waals surface area contributed by atoms with Gasteiger partial charge in [-0.2, -0.15) is 0 Å². The predicted molar refractivity (Wildman–Crippen MR) is 143 cm³/mol. The number of fused-ring (bicyclic) bond motifs is 1. The third kappa shape index (κ3) is 6.16. The molecule has 35 heavy (non-hydrogen) atoms. The quantitative estimate of drug-likeness (QED) is 0.332. The lowest BCUT2D eigenvalue weighted by Crippen LogP contribution is -2.12. The molecule has 1 aliphatic rings. The molecule has 3 heterocycles. The zero-order valence-electron chi connectivity index (χ0n) is 20.9. The van der Waals surface area contributed by atoms with Gasteiger partial charge in [-0.25, -0.2) is 0 Å². The van der Waals surface area contributed by atoms with Gasteiger partial charge >= 0.3 is 5.97 Å². The lowest BCUT2D eigenvalue weighted by Gasteiger charge is -2.20. The fourth-order valence-electron chi connectivity index (χ4n) is 4.95. The van der Waals surface area contributed by atoms with Crippen LogP contribution in [0, 0.1) is 12.8 Å². The summed E-state index contributed by atoms with van der Waals surface area (Å²) >= 11 is 0. The summed E-state index contributed by atoms with van der Waals surface area (Å²) in [5.74, 6) is -0.146. The van der Waals surface area contributed by atoms with Crippen molar-refractivity contribution in [2.24, 2.45) is 5.92 Å². The molecular weight excluding hydrogens is 434 g/mol. The molecule has 4 rings (SSSR count). The molecular formula is C30H35N3O2. The van der Waals surface area contributed by atoms with E-state index in [1.165, 1.54) is 16.7 Å². The van der Waals surface area contributed by atoms with Crippen LogP contribution in [0.1, 0.15) is 80.8 Å². The minimum atomic E-state index is -0.717. The van der Waals surface area contributed by atoms with Gasteiger partial charge in [-0.1, -0.05) is 38.5 Å². The number of aryl methyl sites for hydroxylation is 1. The monoisotopic (exact) mass is 469 g/mol. The summed E-state index contributed by atoms with van der Waals surface area (Å²) in [6, 6.07) is 14.9. The Bertz CT molecular complexity index is 1260. The second kappa shape index (κ2) is 11.3. The van der Waals surface area contributed by atoms with Gasteiger partial charge in [0.2, 0.25) is 0 Å². The van der Waals surface area contributed by atoms with E-state index in [9.17, 15) is 4.79 Å². The molecule has 1 aliphatic heterocycles. The van der Waals surface area contributed by atoms with Gasteiger partial charge in [0, 0.05) is 23.7 Å². The Morgan fingerprint density at radius 2 is 2.00 bits per heavy atom. The number of dihydropyridines is 1. The van der Waals surface area contributed by atoms with Crippen LogP contribution in [0.5, 0.6) is 0 Å². The highest BCUT2D eigenvalue weighted by molar-refractivity contribution is 5.94. The van der Waals surface area contributed by atoms with Crippen LogP contribution in [0.15, 0.2) is 60.9 Å². The molecule has 0 radical (unpaired) electrons. The molecule has 2 unspecified atom stereocenters. The third-order valence-corrected chi connectivity index (χ3v) is 6.80. The van der Waals surface area contributed by atoms with Crippen LogP contribution in [-0.2, 0) is 4.79 Å². The highest BCUT2D eigenvalue weighted by Gasteiger charge is 2.17. The standard InChI is InChI=1S/C30H35N3O2/c1-4-7-22(12-11-20(2)16-29(34)35)25-18-24-17-23(13-14-27(24)32-19-25)26-9-6-15-31-30(26)28-10-5-8-21(3)33-28/h5-6,8,10,13-15,17-20,22,31H,4,7,9,11-12,16H2,1-3H3,(H,34,35). The van der Waals surface area contributed by atoms with E-state index in [0.29, 0.717) is 5.92 Å². The van der Waals surface area contributed by atoms with E-state index >= 15 is 0 Å². The molecule has 2 atom stereocenters. The normalized spacial score (nSPS) is 15.2. The molecule has 0 saturated heterocycles. The molecule has 5 nitrogen and oxygen atoms in total. The Balaban J connectivity index is 1.66. The Morgan fingerprint density at radius 3 is 2.77 bits per heavy atom. The number of aliphatic carboxylic acids is 1. The van der Waals surface area contributed by atoms with Crippen molar-refractivity contribution in [3.8, 4) is 0 Å². The largest absolute Gasteiger partial charge is 0.481 e. The van der Waals surface area contributed by atoms with Crippen molar-refractivity contribution < 1.29 is 9.90 Å². The minimum Gasteiger partial charge on any atom is -0.481 e. The minimum absolute atomic E-state index is 0.180. The van der Waals surface area contributed by atoms with Crippen molar-refractivity contribution >= 4 is 28.1 Å². The smallest absolute Gasteiger partial charge is 0.303 e. The molecule has 3 aromatic rings. The first-order chi connectivity index (χ1) is 16.9. The summed E-state index contributed by atoms with van der Waals surface area (Å²) in [7, 11) is 0. The van der Waals surface area contributed by atoms with Gasteiger partial charge in [-0.15, -0.1) is 0 Å². The molecule has 0 fully saturated rings. The van der Waals surface area contributed by atoms with E-state index in [1.807, 2.05) is 38.4 Å². The lowest BCUT2D eigenvalue weighted by molar-refractivity contribution is -0.138. The molecule has 182 valence electrons. The number of carboxylic acid groups (broad SMARTS) is 1. The summed E-state index contributed by atoms with van der Waals surface area (Å²) in [6.45, 7) is 6.25. The van der Waals surface area contributed by atoms with Crippen LogP contribution < -0.4 is 5.32 Å². The SMILES string of the molecule is CCCC(CCC(C)CC(=O)O)c1cnc2ccc(C3=C(c4cccc(C)n4)NC=CC3)cc2c1. The summed E-state index contributed by atoms with van der Waals surface area (Å²) in [6.07, 6.45) is 11.3. The third-order valence-electron chi connectivity index (χ3n) is 6.80. The van der Waals surface area contributed by atoms with Crippen LogP contribution >= 0.6 is 0 Å². The van der Waals surface area contributed by atoms with Crippen molar-refractivity contribution in [2.75, 3.05) is 0 Å². The van der Waals surface area contributed by atoms with E-state index in [2.05, 4.69) is 48.6 Å². The van der Waals surface area contributed by atoms with Gasteiger partial charge in [0.25, 0.3) is 0 Å². The molecule has 0 spiro atoms. The molecule has 2 aromatic heterocycles. The number of allylic oxidation sites excluding steroid dienone is 2. The van der Waals surface area contributed by atoms with Crippen molar-refractivity contribution in [2.45, 2.75) is 65.2 Å². The second-order valence-corrected chi connectivity index (χ2v) is 9.71. The fourth-order valence-corrected chi connectivity index (χ4v) is 4.95. The van der Waals surface area contributed by atoms with E-state index < -0.39 is 5.97 Å². The molecule has 0 saturated carbocycles. The van der Waals surface area contributed by atoms with Crippen molar-refractivity contribution in [1.29, 1.82) is 0 Å². The van der Waals surface area contributed by atoms with Crippen LogP contribution in [0.25, 0.3) is 22.2 Å². The number of hydrogen-bond donors (Lipinski definition) is 2. The maximum absolute atomic E-state index is 11.1. The van der Waals surface area contributed by atoms with Gasteiger partial charge in [-0.05, 0) is 97.7 Å². The number of carbonyl (C=O) groups is 1. The topological polar surface area (TPSA) is 75.1 Å². The maximum Gasteiger partial charge on any atom is 0.303 e. The first-order valence-electron chi connectivity index (χ1n) is 12.6. The Morgan fingerprint density at radius 1 is 1.14 bits per heavy atom. The average molecular weight is 470 g/mol. The number of nitrogens with zero attached hydrogens (tertiary/aromatic N) is 2. The zero-order valence-corrected chi connectivity index (χ0v) is 20.9. The Hall–Kier alpha value is -3.47. The first kappa shape index (κ1) is 24.6. The van der Waals surface area contributed by atoms with E-state index in [1.54, 1.807) is 0 Å². The highest BCUT2D eigenvalue weighted by atomic mass is 16.4. The van der Waals surface area contributed by atoms with Gasteiger partial charge in [0.15, 0.2) is 0 Å².